The largest absolute Gasteiger partial charge is 0.490 e. The molecule has 0 aliphatic heterocycles. The first-order valence-electron chi connectivity index (χ1n) is 7.66. The van der Waals surface area contributed by atoms with Gasteiger partial charge in [-0.05, 0) is 36.8 Å². The van der Waals surface area contributed by atoms with Gasteiger partial charge in [-0.2, -0.15) is 0 Å². The van der Waals surface area contributed by atoms with E-state index in [0.29, 0.717) is 30.3 Å². The van der Waals surface area contributed by atoms with Crippen LogP contribution in [-0.4, -0.2) is 19.2 Å². The second-order valence-electron chi connectivity index (χ2n) is 5.02. The lowest BCUT2D eigenvalue weighted by molar-refractivity contribution is 0.0549. The van der Waals surface area contributed by atoms with Gasteiger partial charge in [-0.25, -0.2) is 4.79 Å². The highest BCUT2D eigenvalue weighted by atomic mass is 79.9. The van der Waals surface area contributed by atoms with Gasteiger partial charge in [0.05, 0.1) is 17.2 Å². The summed E-state index contributed by atoms with van der Waals surface area (Å²) < 4.78 is 17.4. The van der Waals surface area contributed by atoms with Crippen LogP contribution < -0.4 is 9.47 Å². The third-order valence-corrected chi connectivity index (χ3v) is 3.98. The molecule has 0 fully saturated rings. The summed E-state index contributed by atoms with van der Waals surface area (Å²) in [4.78, 5) is 12.0. The molecule has 2 aromatic rings. The monoisotopic (exact) mass is 424 g/mol. The fourth-order valence-electron chi connectivity index (χ4n) is 2.04. The Bertz CT molecular complexity index is 744. The fourth-order valence-corrected chi connectivity index (χ4v) is 2.57. The third kappa shape index (κ3) is 5.51. The third-order valence-electron chi connectivity index (χ3n) is 3.17. The second-order valence-corrected chi connectivity index (χ2v) is 6.34. The van der Waals surface area contributed by atoms with Crippen molar-refractivity contribution in [2.45, 2.75) is 13.5 Å². The highest BCUT2D eigenvalue weighted by Gasteiger charge is 2.17. The van der Waals surface area contributed by atoms with Gasteiger partial charge in [0.15, 0.2) is 11.5 Å². The Morgan fingerprint density at radius 2 is 1.96 bits per heavy atom. The second kappa shape index (κ2) is 9.49. The summed E-state index contributed by atoms with van der Waals surface area (Å²) in [5, 5.41) is 0.286. The van der Waals surface area contributed by atoms with E-state index >= 15 is 0 Å². The molecule has 0 aliphatic carbocycles. The average molecular weight is 426 g/mol. The molecule has 0 saturated heterocycles. The van der Waals surface area contributed by atoms with Gasteiger partial charge in [0.1, 0.15) is 13.2 Å². The number of carbonyl (C=O) groups excluding carboxylic acids is 1. The van der Waals surface area contributed by atoms with Crippen molar-refractivity contribution in [1.82, 2.24) is 0 Å². The quantitative estimate of drug-likeness (QED) is 0.418. The molecule has 0 unspecified atom stereocenters. The van der Waals surface area contributed by atoms with Crippen molar-refractivity contribution < 1.29 is 19.0 Å². The van der Waals surface area contributed by atoms with Crippen LogP contribution in [-0.2, 0) is 11.3 Å². The van der Waals surface area contributed by atoms with Gasteiger partial charge in [-0.3, -0.25) is 0 Å². The predicted octanol–water partition coefficient (Wildman–Crippen LogP) is 5.42. The van der Waals surface area contributed by atoms with Gasteiger partial charge in [0.25, 0.3) is 0 Å². The number of carbonyl (C=O) groups is 1. The molecule has 0 aromatic heterocycles. The molecule has 0 aliphatic rings. The Balaban J connectivity index is 2.22. The Hall–Kier alpha value is -1.98. The molecule has 0 radical (unpaired) electrons. The molecule has 4 nitrogen and oxygen atoms in total. The molecule has 0 atom stereocenters. The summed E-state index contributed by atoms with van der Waals surface area (Å²) in [5.41, 5.74) is 1.28. The van der Waals surface area contributed by atoms with Crippen LogP contribution in [0.25, 0.3) is 0 Å². The van der Waals surface area contributed by atoms with Crippen molar-refractivity contribution in [2.24, 2.45) is 0 Å². The lowest BCUT2D eigenvalue weighted by Crippen LogP contribution is -2.07. The maximum atomic E-state index is 12.0. The molecule has 0 heterocycles. The Morgan fingerprint density at radius 1 is 1.24 bits per heavy atom. The predicted molar refractivity (Wildman–Crippen MR) is 102 cm³/mol. The number of hydrogen-bond donors (Lipinski definition) is 0. The number of benzene rings is 2. The summed E-state index contributed by atoms with van der Waals surface area (Å²) >= 11 is 9.69. The van der Waals surface area contributed by atoms with Crippen LogP contribution >= 0.6 is 27.5 Å². The normalized spacial score (nSPS) is 10.2. The van der Waals surface area contributed by atoms with Crippen molar-refractivity contribution in [3.63, 3.8) is 0 Å². The van der Waals surface area contributed by atoms with E-state index in [1.54, 1.807) is 6.07 Å². The van der Waals surface area contributed by atoms with Crippen molar-refractivity contribution in [2.75, 3.05) is 13.2 Å². The number of hydrogen-bond acceptors (Lipinski definition) is 4. The van der Waals surface area contributed by atoms with Crippen LogP contribution in [0, 0.1) is 0 Å². The van der Waals surface area contributed by atoms with E-state index in [4.69, 9.17) is 25.8 Å². The summed E-state index contributed by atoms with van der Waals surface area (Å²) in [7, 11) is 0. The van der Waals surface area contributed by atoms with Crippen LogP contribution in [0.1, 0.15) is 22.8 Å². The molecular formula is C19H18BrClO4. The Labute approximate surface area is 160 Å². The van der Waals surface area contributed by atoms with Gasteiger partial charge in [-0.15, -0.1) is 0 Å². The SMILES string of the molecule is C=CCOC(=O)c1cc(Cl)c(OCc2ccc(Br)cc2)c(OCC)c1. The van der Waals surface area contributed by atoms with E-state index in [-0.39, 0.29) is 11.6 Å². The zero-order valence-corrected chi connectivity index (χ0v) is 16.1. The molecule has 25 heavy (non-hydrogen) atoms. The molecule has 0 amide bonds. The summed E-state index contributed by atoms with van der Waals surface area (Å²) in [6.07, 6.45) is 1.50. The smallest absolute Gasteiger partial charge is 0.338 e. The van der Waals surface area contributed by atoms with Crippen LogP contribution in [0.2, 0.25) is 5.02 Å². The Kier molecular flexibility index (Phi) is 7.34. The van der Waals surface area contributed by atoms with Gasteiger partial charge < -0.3 is 14.2 Å². The molecule has 6 heteroatoms. The van der Waals surface area contributed by atoms with E-state index in [1.165, 1.54) is 12.1 Å². The number of esters is 1. The molecule has 132 valence electrons. The lowest BCUT2D eigenvalue weighted by Gasteiger charge is -2.15. The van der Waals surface area contributed by atoms with E-state index < -0.39 is 5.97 Å². The van der Waals surface area contributed by atoms with Crippen LogP contribution in [0.15, 0.2) is 53.5 Å². The number of rotatable bonds is 8. The molecular weight excluding hydrogens is 408 g/mol. The van der Waals surface area contributed by atoms with Crippen LogP contribution in [0.3, 0.4) is 0 Å². The van der Waals surface area contributed by atoms with Crippen molar-refractivity contribution in [3.8, 4) is 11.5 Å². The van der Waals surface area contributed by atoms with Crippen molar-refractivity contribution in [1.29, 1.82) is 0 Å². The van der Waals surface area contributed by atoms with E-state index in [0.717, 1.165) is 10.0 Å². The van der Waals surface area contributed by atoms with Crippen LogP contribution in [0.5, 0.6) is 11.5 Å². The van der Waals surface area contributed by atoms with Crippen LogP contribution in [0.4, 0.5) is 0 Å². The van der Waals surface area contributed by atoms with Crippen molar-refractivity contribution in [3.05, 3.63) is 69.7 Å². The van der Waals surface area contributed by atoms with Gasteiger partial charge in [0, 0.05) is 4.47 Å². The Morgan fingerprint density at radius 3 is 2.60 bits per heavy atom. The minimum absolute atomic E-state index is 0.127. The zero-order chi connectivity index (χ0) is 18.2. The minimum Gasteiger partial charge on any atom is -0.490 e. The molecule has 0 bridgehead atoms. The maximum Gasteiger partial charge on any atom is 0.338 e. The summed E-state index contributed by atoms with van der Waals surface area (Å²) in [6, 6.07) is 10.8. The van der Waals surface area contributed by atoms with Crippen molar-refractivity contribution >= 4 is 33.5 Å². The zero-order valence-electron chi connectivity index (χ0n) is 13.8. The first-order chi connectivity index (χ1) is 12.0. The molecule has 2 aromatic carbocycles. The first kappa shape index (κ1) is 19.3. The highest BCUT2D eigenvalue weighted by molar-refractivity contribution is 9.10. The first-order valence-corrected chi connectivity index (χ1v) is 8.83. The maximum absolute atomic E-state index is 12.0. The molecule has 0 spiro atoms. The molecule has 0 N–H and O–H groups in total. The summed E-state index contributed by atoms with van der Waals surface area (Å²) in [6.45, 7) is 6.22. The van der Waals surface area contributed by atoms with Gasteiger partial charge in [0.2, 0.25) is 0 Å². The van der Waals surface area contributed by atoms with Gasteiger partial charge in [-0.1, -0.05) is 52.3 Å². The minimum atomic E-state index is -0.498. The summed E-state index contributed by atoms with van der Waals surface area (Å²) in [5.74, 6) is 0.298. The standard InChI is InChI=1S/C19H18BrClO4/c1-3-9-24-19(22)14-10-16(21)18(17(11-14)23-4-2)25-12-13-5-7-15(20)8-6-13/h3,5-8,10-11H,1,4,9,12H2,2H3. The number of halogens is 2. The topological polar surface area (TPSA) is 44.8 Å². The average Bonchev–Trinajstić information content (AvgIpc) is 2.60. The molecule has 2 rings (SSSR count). The van der Waals surface area contributed by atoms with E-state index in [1.807, 2.05) is 31.2 Å². The van der Waals surface area contributed by atoms with E-state index in [9.17, 15) is 4.79 Å². The fraction of sp³-hybridized carbons (Fsp3) is 0.211. The lowest BCUT2D eigenvalue weighted by atomic mass is 10.2. The van der Waals surface area contributed by atoms with Gasteiger partial charge >= 0.3 is 5.97 Å². The van der Waals surface area contributed by atoms with E-state index in [2.05, 4.69) is 22.5 Å². The molecule has 0 saturated carbocycles. The number of ether oxygens (including phenoxy) is 3. The highest BCUT2D eigenvalue weighted by Crippen LogP contribution is 2.37.